The van der Waals surface area contributed by atoms with Gasteiger partial charge < -0.3 is 14.2 Å². The molecule has 2 aromatic carbocycles. The van der Waals surface area contributed by atoms with Crippen LogP contribution in [0, 0.1) is 23.0 Å². The normalized spacial score (nSPS) is 18.0. The molecule has 0 unspecified atom stereocenters. The zero-order valence-electron chi connectivity index (χ0n) is 22.0. The van der Waals surface area contributed by atoms with E-state index in [1.54, 1.807) is 56.6 Å². The van der Waals surface area contributed by atoms with Crippen LogP contribution in [-0.4, -0.2) is 53.3 Å². The predicted octanol–water partition coefficient (Wildman–Crippen LogP) is 4.40. The smallest absolute Gasteiger partial charge is 0.252 e. The Morgan fingerprint density at radius 2 is 1.64 bits per heavy atom. The first kappa shape index (κ1) is 26.5. The monoisotopic (exact) mass is 529 g/mol. The van der Waals surface area contributed by atoms with Crippen LogP contribution in [0.2, 0.25) is 0 Å². The van der Waals surface area contributed by atoms with Crippen molar-refractivity contribution in [3.8, 4) is 6.07 Å². The molecule has 1 aliphatic rings. The van der Waals surface area contributed by atoms with Gasteiger partial charge >= 0.3 is 0 Å². The molecule has 0 radical (unpaired) electrons. The van der Waals surface area contributed by atoms with Crippen LogP contribution in [-0.2, 0) is 11.8 Å². The van der Waals surface area contributed by atoms with Crippen LogP contribution >= 0.6 is 0 Å². The van der Waals surface area contributed by atoms with Crippen LogP contribution in [0.3, 0.4) is 0 Å². The molecule has 1 fully saturated rings. The van der Waals surface area contributed by atoms with Crippen LogP contribution in [0.1, 0.15) is 29.8 Å². The molecule has 1 aliphatic heterocycles. The standard InChI is InChI=1S/C30H29F2N5O2/c1-19-16-37(27-14-28(38)35(2)26-13-12-24(15-33)34-29(26)27)25(18-39-3)17-36(19)30(20-4-8-22(31)9-5-20)21-6-10-23(32)11-7-21/h4-14,19,25,30H,16-18H2,1-3H3/t19-,25-/m1/s1. The number of ether oxygens (including phenoxy) is 1. The molecule has 5 rings (SSSR count). The summed E-state index contributed by atoms with van der Waals surface area (Å²) in [4.78, 5) is 21.9. The lowest BCUT2D eigenvalue weighted by Gasteiger charge is -2.49. The van der Waals surface area contributed by atoms with Gasteiger partial charge in [0.15, 0.2) is 0 Å². The predicted molar refractivity (Wildman–Crippen MR) is 146 cm³/mol. The van der Waals surface area contributed by atoms with Crippen molar-refractivity contribution in [3.63, 3.8) is 0 Å². The molecule has 9 heteroatoms. The van der Waals surface area contributed by atoms with Crippen LogP contribution in [0.25, 0.3) is 11.0 Å². The van der Waals surface area contributed by atoms with Crippen molar-refractivity contribution in [3.05, 3.63) is 106 Å². The van der Waals surface area contributed by atoms with E-state index in [-0.39, 0.29) is 41.0 Å². The number of halogens is 2. The molecule has 0 aliphatic carbocycles. The van der Waals surface area contributed by atoms with Crippen LogP contribution in [0.5, 0.6) is 0 Å². The van der Waals surface area contributed by atoms with Crippen molar-refractivity contribution in [1.82, 2.24) is 14.5 Å². The molecule has 200 valence electrons. The van der Waals surface area contributed by atoms with Gasteiger partial charge in [0, 0.05) is 39.4 Å². The minimum Gasteiger partial charge on any atom is -0.383 e. The largest absolute Gasteiger partial charge is 0.383 e. The Morgan fingerprint density at radius 1 is 1.03 bits per heavy atom. The second-order valence-corrected chi connectivity index (χ2v) is 9.92. The quantitative estimate of drug-likeness (QED) is 0.369. The second kappa shape index (κ2) is 10.9. The molecule has 3 heterocycles. The lowest BCUT2D eigenvalue weighted by Crippen LogP contribution is -2.60. The number of benzene rings is 2. The van der Waals surface area contributed by atoms with E-state index in [4.69, 9.17) is 4.74 Å². The van der Waals surface area contributed by atoms with Gasteiger partial charge in [0.25, 0.3) is 5.56 Å². The highest BCUT2D eigenvalue weighted by Gasteiger charge is 2.37. The zero-order chi connectivity index (χ0) is 27.7. The Kier molecular flexibility index (Phi) is 7.42. The Bertz CT molecular complexity index is 1540. The van der Waals surface area contributed by atoms with Gasteiger partial charge in [-0.25, -0.2) is 13.8 Å². The molecular formula is C30H29F2N5O2. The van der Waals surface area contributed by atoms with Gasteiger partial charge in [0.2, 0.25) is 0 Å². The Balaban J connectivity index is 1.59. The Labute approximate surface area is 225 Å². The summed E-state index contributed by atoms with van der Waals surface area (Å²) in [5.74, 6) is -0.651. The first-order valence-corrected chi connectivity index (χ1v) is 12.7. The van der Waals surface area contributed by atoms with E-state index in [9.17, 15) is 18.8 Å². The summed E-state index contributed by atoms with van der Waals surface area (Å²) in [6.45, 7) is 3.54. The highest BCUT2D eigenvalue weighted by molar-refractivity contribution is 5.89. The number of hydrogen-bond acceptors (Lipinski definition) is 6. The van der Waals surface area contributed by atoms with Crippen molar-refractivity contribution >= 4 is 16.7 Å². The maximum absolute atomic E-state index is 13.8. The minimum atomic E-state index is -0.325. The van der Waals surface area contributed by atoms with Gasteiger partial charge in [-0.1, -0.05) is 24.3 Å². The molecule has 1 saturated heterocycles. The number of pyridine rings is 2. The van der Waals surface area contributed by atoms with Crippen molar-refractivity contribution in [1.29, 1.82) is 5.26 Å². The van der Waals surface area contributed by atoms with Gasteiger partial charge in [-0.3, -0.25) is 9.69 Å². The Hall–Kier alpha value is -4.13. The lowest BCUT2D eigenvalue weighted by molar-refractivity contribution is 0.0868. The molecule has 7 nitrogen and oxygen atoms in total. The highest BCUT2D eigenvalue weighted by atomic mass is 19.1. The van der Waals surface area contributed by atoms with Gasteiger partial charge in [-0.2, -0.15) is 5.26 Å². The van der Waals surface area contributed by atoms with Gasteiger partial charge in [-0.15, -0.1) is 0 Å². The summed E-state index contributed by atoms with van der Waals surface area (Å²) in [6, 6.07) is 19.3. The van der Waals surface area contributed by atoms with Gasteiger partial charge in [-0.05, 0) is 54.4 Å². The molecular weight excluding hydrogens is 500 g/mol. The second-order valence-electron chi connectivity index (χ2n) is 9.92. The van der Waals surface area contributed by atoms with Gasteiger partial charge in [0.05, 0.1) is 29.9 Å². The van der Waals surface area contributed by atoms with E-state index in [0.717, 1.165) is 11.1 Å². The first-order valence-electron chi connectivity index (χ1n) is 12.7. The third kappa shape index (κ3) is 5.13. The fourth-order valence-electron chi connectivity index (χ4n) is 5.51. The summed E-state index contributed by atoms with van der Waals surface area (Å²) >= 11 is 0. The maximum atomic E-state index is 13.8. The molecule has 0 amide bonds. The molecule has 39 heavy (non-hydrogen) atoms. The number of nitrogens with zero attached hydrogens (tertiary/aromatic N) is 5. The van der Waals surface area contributed by atoms with E-state index >= 15 is 0 Å². The molecule has 0 N–H and O–H groups in total. The molecule has 2 aromatic heterocycles. The summed E-state index contributed by atoms with van der Waals surface area (Å²) in [6.07, 6.45) is 0. The lowest BCUT2D eigenvalue weighted by atomic mass is 9.93. The number of aromatic nitrogens is 2. The van der Waals surface area contributed by atoms with Crippen molar-refractivity contribution in [2.45, 2.75) is 25.0 Å². The number of hydrogen-bond donors (Lipinski definition) is 0. The van der Waals surface area contributed by atoms with Crippen molar-refractivity contribution in [2.24, 2.45) is 7.05 Å². The minimum absolute atomic E-state index is 0.0310. The molecule has 0 spiro atoms. The van der Waals surface area contributed by atoms with Crippen molar-refractivity contribution in [2.75, 3.05) is 31.7 Å². The number of piperazine rings is 1. The van der Waals surface area contributed by atoms with Crippen LogP contribution in [0.15, 0.2) is 71.5 Å². The first-order chi connectivity index (χ1) is 18.8. The summed E-state index contributed by atoms with van der Waals surface area (Å²) in [7, 11) is 3.32. The zero-order valence-corrected chi connectivity index (χ0v) is 22.0. The number of rotatable bonds is 6. The summed E-state index contributed by atoms with van der Waals surface area (Å²) in [5.41, 5.74) is 3.73. The fraction of sp³-hybridized carbons (Fsp3) is 0.300. The molecule has 4 aromatic rings. The van der Waals surface area contributed by atoms with E-state index in [0.29, 0.717) is 36.4 Å². The van der Waals surface area contributed by atoms with Gasteiger partial charge in [0.1, 0.15) is 28.9 Å². The SMILES string of the molecule is COC[C@H]1CN(C(c2ccc(F)cc2)c2ccc(F)cc2)[C@H](C)CN1c1cc(=O)n(C)c2ccc(C#N)nc12. The molecule has 2 atom stereocenters. The number of fused-ring (bicyclic) bond motifs is 1. The number of aryl methyl sites for hydroxylation is 1. The van der Waals surface area contributed by atoms with Crippen LogP contribution < -0.4 is 10.5 Å². The van der Waals surface area contributed by atoms with Crippen LogP contribution in [0.4, 0.5) is 14.5 Å². The third-order valence-electron chi connectivity index (χ3n) is 7.44. The van der Waals surface area contributed by atoms with E-state index < -0.39 is 0 Å². The van der Waals surface area contributed by atoms with Crippen molar-refractivity contribution < 1.29 is 13.5 Å². The number of anilines is 1. The topological polar surface area (TPSA) is 74.4 Å². The highest BCUT2D eigenvalue weighted by Crippen LogP contribution is 2.36. The maximum Gasteiger partial charge on any atom is 0.252 e. The average Bonchev–Trinajstić information content (AvgIpc) is 2.94. The average molecular weight is 530 g/mol. The Morgan fingerprint density at radius 3 is 2.21 bits per heavy atom. The molecule has 0 bridgehead atoms. The van der Waals surface area contributed by atoms with E-state index in [1.807, 2.05) is 0 Å². The third-order valence-corrected chi connectivity index (χ3v) is 7.44. The fourth-order valence-corrected chi connectivity index (χ4v) is 5.51. The summed E-state index contributed by atoms with van der Waals surface area (Å²) < 4.78 is 34.8. The summed E-state index contributed by atoms with van der Waals surface area (Å²) in [5, 5.41) is 9.48. The number of methoxy groups -OCH3 is 1. The molecule has 0 saturated carbocycles. The van der Waals surface area contributed by atoms with E-state index in [2.05, 4.69) is 27.8 Å². The number of nitriles is 1. The van der Waals surface area contributed by atoms with E-state index in [1.165, 1.54) is 28.8 Å².